The maximum atomic E-state index is 12.0. The molecule has 1 aromatic carbocycles. The van der Waals surface area contributed by atoms with Crippen LogP contribution >= 0.6 is 0 Å². The number of benzene rings is 1. The van der Waals surface area contributed by atoms with Crippen LogP contribution in [-0.2, 0) is 4.79 Å². The molecule has 0 saturated carbocycles. The molecule has 0 aliphatic rings. The van der Waals surface area contributed by atoms with Crippen molar-refractivity contribution in [3.63, 3.8) is 0 Å². The Morgan fingerprint density at radius 3 is 2.78 bits per heavy atom. The van der Waals surface area contributed by atoms with Crippen molar-refractivity contribution in [1.82, 2.24) is 35.1 Å². The molecule has 0 aliphatic heterocycles. The van der Waals surface area contributed by atoms with Crippen molar-refractivity contribution in [3.05, 3.63) is 73.3 Å². The number of aromatic nitrogens is 7. The highest BCUT2D eigenvalue weighted by Crippen LogP contribution is 2.32. The molecule has 6 aromatic rings. The molecule has 0 aliphatic carbocycles. The Hall–Kier alpha value is -4.92. The number of hydrogen-bond donors (Lipinski definition) is 3. The summed E-state index contributed by atoms with van der Waals surface area (Å²) in [4.78, 5) is 33.6. The number of H-pyrrole nitrogens is 2. The predicted molar refractivity (Wildman–Crippen MR) is 139 cm³/mol. The van der Waals surface area contributed by atoms with Gasteiger partial charge in [0.15, 0.2) is 11.5 Å². The van der Waals surface area contributed by atoms with Crippen LogP contribution in [0.3, 0.4) is 0 Å². The number of aromatic amines is 2. The molecule has 0 spiro atoms. The Bertz CT molecular complexity index is 1700. The number of nitrogens with zero attached hydrogens (tertiary/aromatic N) is 5. The lowest BCUT2D eigenvalue weighted by atomic mass is 10.1. The van der Waals surface area contributed by atoms with Gasteiger partial charge in [-0.3, -0.25) is 19.9 Å². The van der Waals surface area contributed by atoms with E-state index in [0.29, 0.717) is 29.3 Å². The molecule has 1 amide bonds. The molecule has 5 aromatic heterocycles. The number of rotatable bonds is 6. The lowest BCUT2D eigenvalue weighted by molar-refractivity contribution is -0.116. The highest BCUT2D eigenvalue weighted by Gasteiger charge is 2.17. The number of carbonyl (C=O) groups excluding carboxylic acids is 1. The molecular weight excluding hydrogens is 452 g/mol. The van der Waals surface area contributed by atoms with Gasteiger partial charge in [-0.1, -0.05) is 25.1 Å². The van der Waals surface area contributed by atoms with E-state index in [1.54, 1.807) is 24.8 Å². The summed E-state index contributed by atoms with van der Waals surface area (Å²) in [7, 11) is 0. The van der Waals surface area contributed by atoms with Crippen LogP contribution in [0.2, 0.25) is 0 Å². The zero-order chi connectivity index (χ0) is 24.5. The van der Waals surface area contributed by atoms with Crippen molar-refractivity contribution in [2.45, 2.75) is 19.8 Å². The van der Waals surface area contributed by atoms with Gasteiger partial charge in [-0.25, -0.2) is 9.97 Å². The van der Waals surface area contributed by atoms with Gasteiger partial charge in [0.2, 0.25) is 5.91 Å². The van der Waals surface area contributed by atoms with Gasteiger partial charge in [0.05, 0.1) is 34.0 Å². The van der Waals surface area contributed by atoms with Gasteiger partial charge in [0.1, 0.15) is 5.69 Å². The normalized spacial score (nSPS) is 11.2. The van der Waals surface area contributed by atoms with Gasteiger partial charge in [-0.2, -0.15) is 5.10 Å². The third-order valence-corrected chi connectivity index (χ3v) is 5.93. The van der Waals surface area contributed by atoms with Crippen molar-refractivity contribution in [1.29, 1.82) is 0 Å². The molecule has 3 N–H and O–H groups in total. The predicted octanol–water partition coefficient (Wildman–Crippen LogP) is 5.36. The molecule has 0 unspecified atom stereocenters. The maximum Gasteiger partial charge on any atom is 0.224 e. The summed E-state index contributed by atoms with van der Waals surface area (Å²) in [5.41, 5.74) is 7.19. The second-order valence-electron chi connectivity index (χ2n) is 8.45. The molecule has 5 heterocycles. The first-order chi connectivity index (χ1) is 17.7. The summed E-state index contributed by atoms with van der Waals surface area (Å²) in [6.07, 6.45) is 8.17. The minimum absolute atomic E-state index is 0.0305. The van der Waals surface area contributed by atoms with Crippen molar-refractivity contribution in [3.8, 4) is 33.9 Å². The Balaban J connectivity index is 1.40. The van der Waals surface area contributed by atoms with Gasteiger partial charge < -0.3 is 10.3 Å². The van der Waals surface area contributed by atoms with E-state index in [1.165, 1.54) is 0 Å². The maximum absolute atomic E-state index is 12.0. The van der Waals surface area contributed by atoms with Crippen LogP contribution in [-0.4, -0.2) is 41.0 Å². The van der Waals surface area contributed by atoms with E-state index in [2.05, 4.69) is 35.5 Å². The van der Waals surface area contributed by atoms with Gasteiger partial charge in [-0.05, 0) is 36.8 Å². The Labute approximate surface area is 206 Å². The van der Waals surface area contributed by atoms with Gasteiger partial charge in [0, 0.05) is 41.7 Å². The van der Waals surface area contributed by atoms with E-state index in [-0.39, 0.29) is 5.91 Å². The van der Waals surface area contributed by atoms with Crippen LogP contribution in [0, 0.1) is 0 Å². The van der Waals surface area contributed by atoms with Crippen molar-refractivity contribution >= 4 is 33.7 Å². The number of anilines is 1. The fourth-order valence-corrected chi connectivity index (χ4v) is 4.23. The van der Waals surface area contributed by atoms with E-state index < -0.39 is 0 Å². The number of fused-ring (bicyclic) bond motifs is 2. The molecule has 176 valence electrons. The summed E-state index contributed by atoms with van der Waals surface area (Å²) in [5, 5.41) is 11.2. The minimum Gasteiger partial charge on any atom is -0.337 e. The van der Waals surface area contributed by atoms with Crippen LogP contribution < -0.4 is 5.32 Å². The molecule has 0 saturated heterocycles. The Kier molecular flexibility index (Phi) is 5.42. The number of hydrogen-bond acceptors (Lipinski definition) is 6. The first kappa shape index (κ1) is 21.6. The van der Waals surface area contributed by atoms with Crippen molar-refractivity contribution in [2.24, 2.45) is 0 Å². The molecule has 6 rings (SSSR count). The number of para-hydroxylation sites is 1. The molecule has 9 heteroatoms. The monoisotopic (exact) mass is 474 g/mol. The summed E-state index contributed by atoms with van der Waals surface area (Å²) in [6, 6.07) is 15.7. The van der Waals surface area contributed by atoms with E-state index in [4.69, 9.17) is 4.98 Å². The first-order valence-corrected chi connectivity index (χ1v) is 11.7. The minimum atomic E-state index is -0.0305. The standard InChI is InChI=1S/C27H22N8O/c1-2-6-23(36)31-18-11-16(13-28-15-18)17-12-20-25(34-35-26(20)30-14-17)27-32-22-9-5-7-19(24(22)33-27)21-8-3-4-10-29-21/h3-5,7-15H,2,6H2,1H3,(H,31,36)(H,32,33)(H,30,34,35). The molecule has 0 bridgehead atoms. The van der Waals surface area contributed by atoms with Crippen molar-refractivity contribution < 1.29 is 4.79 Å². The zero-order valence-corrected chi connectivity index (χ0v) is 19.5. The first-order valence-electron chi connectivity index (χ1n) is 11.7. The summed E-state index contributed by atoms with van der Waals surface area (Å²) < 4.78 is 0. The molecule has 0 fully saturated rings. The lowest BCUT2D eigenvalue weighted by Crippen LogP contribution is -2.10. The fourth-order valence-electron chi connectivity index (χ4n) is 4.23. The lowest BCUT2D eigenvalue weighted by Gasteiger charge is -2.07. The van der Waals surface area contributed by atoms with Crippen LogP contribution in [0.5, 0.6) is 0 Å². The summed E-state index contributed by atoms with van der Waals surface area (Å²) in [6.45, 7) is 1.97. The molecular formula is C27H22N8O. The van der Waals surface area contributed by atoms with E-state index >= 15 is 0 Å². The van der Waals surface area contributed by atoms with Crippen LogP contribution in [0.1, 0.15) is 19.8 Å². The highest BCUT2D eigenvalue weighted by molar-refractivity contribution is 5.97. The highest BCUT2D eigenvalue weighted by atomic mass is 16.1. The third kappa shape index (κ3) is 3.96. The summed E-state index contributed by atoms with van der Waals surface area (Å²) >= 11 is 0. The van der Waals surface area contributed by atoms with Crippen LogP contribution in [0.15, 0.2) is 73.3 Å². The SMILES string of the molecule is CCCC(=O)Nc1cncc(-c2cnc3[nH]nc(-c4nc5c(-c6ccccn6)cccc5[nH]4)c3c2)c1. The summed E-state index contributed by atoms with van der Waals surface area (Å²) in [5.74, 6) is 0.606. The number of amides is 1. The van der Waals surface area contributed by atoms with E-state index in [9.17, 15) is 4.79 Å². The molecule has 9 nitrogen and oxygen atoms in total. The quantitative estimate of drug-likeness (QED) is 0.298. The van der Waals surface area contributed by atoms with Gasteiger partial charge >= 0.3 is 0 Å². The smallest absolute Gasteiger partial charge is 0.224 e. The number of pyridine rings is 3. The molecule has 36 heavy (non-hydrogen) atoms. The average Bonchev–Trinajstić information content (AvgIpc) is 3.53. The Morgan fingerprint density at radius 1 is 1.00 bits per heavy atom. The average molecular weight is 475 g/mol. The topological polar surface area (TPSA) is 125 Å². The largest absolute Gasteiger partial charge is 0.337 e. The van der Waals surface area contributed by atoms with Gasteiger partial charge in [0.25, 0.3) is 0 Å². The fraction of sp³-hybridized carbons (Fsp3) is 0.111. The second-order valence-corrected chi connectivity index (χ2v) is 8.45. The van der Waals surface area contributed by atoms with Crippen LogP contribution in [0.4, 0.5) is 5.69 Å². The second kappa shape index (κ2) is 9.03. The van der Waals surface area contributed by atoms with E-state index in [1.807, 2.05) is 55.5 Å². The van der Waals surface area contributed by atoms with Crippen molar-refractivity contribution in [2.75, 3.05) is 5.32 Å². The number of carbonyl (C=O) groups is 1. The number of imidazole rings is 1. The molecule has 0 radical (unpaired) electrons. The Morgan fingerprint density at radius 2 is 1.92 bits per heavy atom. The van der Waals surface area contributed by atoms with Gasteiger partial charge in [-0.15, -0.1) is 0 Å². The third-order valence-electron chi connectivity index (χ3n) is 5.93. The zero-order valence-electron chi connectivity index (χ0n) is 19.5. The molecule has 0 atom stereocenters. The van der Waals surface area contributed by atoms with E-state index in [0.717, 1.165) is 45.2 Å². The number of nitrogens with one attached hydrogen (secondary N) is 3. The van der Waals surface area contributed by atoms with Crippen LogP contribution in [0.25, 0.3) is 56.0 Å².